The molecule has 27 heavy (non-hydrogen) atoms. The first-order valence-electron chi connectivity index (χ1n) is 8.66. The molecule has 1 amide bonds. The molecule has 0 spiro atoms. The molecule has 0 unspecified atom stereocenters. The van der Waals surface area contributed by atoms with E-state index >= 15 is 0 Å². The van der Waals surface area contributed by atoms with E-state index in [2.05, 4.69) is 15.3 Å². The zero-order valence-electron chi connectivity index (χ0n) is 15.1. The molecule has 4 rings (SSSR count). The van der Waals surface area contributed by atoms with E-state index in [1.165, 1.54) is 6.33 Å². The van der Waals surface area contributed by atoms with Crippen molar-refractivity contribution < 1.29 is 14.3 Å². The number of ether oxygens (including phenoxy) is 2. The fraction of sp³-hybridized carbons (Fsp3) is 0.190. The summed E-state index contributed by atoms with van der Waals surface area (Å²) in [5.41, 5.74) is 4.22. The maximum absolute atomic E-state index is 12.7. The van der Waals surface area contributed by atoms with Crippen LogP contribution >= 0.6 is 0 Å². The Morgan fingerprint density at radius 1 is 1.26 bits per heavy atom. The van der Waals surface area contributed by atoms with Crippen molar-refractivity contribution in [2.45, 2.75) is 19.6 Å². The number of hydrogen-bond acceptors (Lipinski definition) is 5. The molecule has 136 valence electrons. The second-order valence-corrected chi connectivity index (χ2v) is 6.37. The van der Waals surface area contributed by atoms with Gasteiger partial charge in [0.1, 0.15) is 24.4 Å². The lowest BCUT2D eigenvalue weighted by Crippen LogP contribution is -2.27. The number of aromatic nitrogens is 2. The van der Waals surface area contributed by atoms with Crippen molar-refractivity contribution in [3.8, 4) is 22.8 Å². The van der Waals surface area contributed by atoms with Gasteiger partial charge >= 0.3 is 0 Å². The third-order valence-electron chi connectivity index (χ3n) is 4.63. The maximum Gasteiger partial charge on any atom is 0.251 e. The SMILES string of the molecule is COc1cccc([C@@H](C)NC(=O)c2ccc3c(c2)COc2cncnc2-3)c1. The maximum atomic E-state index is 12.7. The van der Waals surface area contributed by atoms with E-state index in [1.54, 1.807) is 13.3 Å². The molecule has 1 aromatic heterocycles. The van der Waals surface area contributed by atoms with Gasteiger partial charge in [0.2, 0.25) is 0 Å². The molecule has 0 fully saturated rings. The average Bonchev–Trinajstić information content (AvgIpc) is 2.73. The van der Waals surface area contributed by atoms with Gasteiger partial charge in [-0.3, -0.25) is 4.79 Å². The van der Waals surface area contributed by atoms with Gasteiger partial charge in [0.25, 0.3) is 5.91 Å². The van der Waals surface area contributed by atoms with Gasteiger partial charge in [0, 0.05) is 11.1 Å². The van der Waals surface area contributed by atoms with Crippen molar-refractivity contribution in [1.82, 2.24) is 15.3 Å². The molecule has 0 radical (unpaired) electrons. The normalized spacial score (nSPS) is 13.0. The predicted molar refractivity (Wildman–Crippen MR) is 101 cm³/mol. The Bertz CT molecular complexity index is 1000. The van der Waals surface area contributed by atoms with E-state index in [1.807, 2.05) is 49.4 Å². The van der Waals surface area contributed by atoms with E-state index < -0.39 is 0 Å². The molecule has 0 aliphatic carbocycles. The molecule has 1 N–H and O–H groups in total. The minimum absolute atomic E-state index is 0.137. The molecule has 0 saturated carbocycles. The zero-order chi connectivity index (χ0) is 18.8. The molecule has 0 saturated heterocycles. The highest BCUT2D eigenvalue weighted by atomic mass is 16.5. The van der Waals surface area contributed by atoms with Gasteiger partial charge < -0.3 is 14.8 Å². The average molecular weight is 361 g/mol. The minimum Gasteiger partial charge on any atom is -0.497 e. The quantitative estimate of drug-likeness (QED) is 0.769. The molecule has 6 nitrogen and oxygen atoms in total. The summed E-state index contributed by atoms with van der Waals surface area (Å²) in [5.74, 6) is 1.29. The van der Waals surface area contributed by atoms with Gasteiger partial charge in [-0.05, 0) is 42.3 Å². The van der Waals surface area contributed by atoms with Crippen LogP contribution in [-0.2, 0) is 6.61 Å². The van der Waals surface area contributed by atoms with Gasteiger partial charge in [0.15, 0.2) is 5.75 Å². The van der Waals surface area contributed by atoms with Crippen LogP contribution in [0.25, 0.3) is 11.3 Å². The van der Waals surface area contributed by atoms with Crippen LogP contribution in [0.4, 0.5) is 0 Å². The summed E-state index contributed by atoms with van der Waals surface area (Å²) in [6.07, 6.45) is 3.15. The third kappa shape index (κ3) is 3.33. The number of nitrogens with one attached hydrogen (secondary N) is 1. The molecular weight excluding hydrogens is 342 g/mol. The first-order chi connectivity index (χ1) is 13.2. The standard InChI is InChI=1S/C21H19N3O3/c1-13(14-4-3-5-17(9-14)26-2)24-21(25)15-6-7-18-16(8-15)11-27-19-10-22-12-23-20(18)19/h3-10,12-13H,11H2,1-2H3,(H,24,25)/t13-/m1/s1. The van der Waals surface area contributed by atoms with E-state index in [-0.39, 0.29) is 11.9 Å². The third-order valence-corrected chi connectivity index (χ3v) is 4.63. The number of fused-ring (bicyclic) bond motifs is 3. The Morgan fingerprint density at radius 3 is 3.00 bits per heavy atom. The second-order valence-electron chi connectivity index (χ2n) is 6.37. The van der Waals surface area contributed by atoms with E-state index in [0.717, 1.165) is 28.1 Å². The highest BCUT2D eigenvalue weighted by molar-refractivity contribution is 5.95. The lowest BCUT2D eigenvalue weighted by atomic mass is 9.99. The first kappa shape index (κ1) is 17.0. The Kier molecular flexibility index (Phi) is 4.46. The number of benzene rings is 2. The topological polar surface area (TPSA) is 73.3 Å². The molecule has 1 atom stereocenters. The van der Waals surface area contributed by atoms with Crippen molar-refractivity contribution >= 4 is 5.91 Å². The van der Waals surface area contributed by atoms with Gasteiger partial charge in [-0.25, -0.2) is 9.97 Å². The second kappa shape index (κ2) is 7.07. The molecule has 2 aromatic carbocycles. The summed E-state index contributed by atoms with van der Waals surface area (Å²) >= 11 is 0. The van der Waals surface area contributed by atoms with E-state index in [0.29, 0.717) is 17.9 Å². The van der Waals surface area contributed by atoms with Gasteiger partial charge in [-0.2, -0.15) is 0 Å². The number of methoxy groups -OCH3 is 1. The number of hydrogen-bond donors (Lipinski definition) is 1. The minimum atomic E-state index is -0.145. The largest absolute Gasteiger partial charge is 0.497 e. The Morgan fingerprint density at radius 2 is 2.15 bits per heavy atom. The Hall–Kier alpha value is -3.41. The van der Waals surface area contributed by atoms with Crippen LogP contribution in [0, 0.1) is 0 Å². The van der Waals surface area contributed by atoms with Crippen LogP contribution in [0.15, 0.2) is 55.0 Å². The highest BCUT2D eigenvalue weighted by Crippen LogP contribution is 2.35. The van der Waals surface area contributed by atoms with Crippen LogP contribution in [-0.4, -0.2) is 23.0 Å². The summed E-state index contributed by atoms with van der Waals surface area (Å²) in [5, 5.41) is 3.03. The Labute approximate surface area is 157 Å². The molecule has 0 bridgehead atoms. The molecular formula is C21H19N3O3. The zero-order valence-corrected chi connectivity index (χ0v) is 15.1. The van der Waals surface area contributed by atoms with E-state index in [9.17, 15) is 4.79 Å². The Balaban J connectivity index is 1.55. The van der Waals surface area contributed by atoms with Crippen molar-refractivity contribution in [3.63, 3.8) is 0 Å². The molecule has 6 heteroatoms. The smallest absolute Gasteiger partial charge is 0.251 e. The van der Waals surface area contributed by atoms with Crippen molar-refractivity contribution in [2.75, 3.05) is 7.11 Å². The summed E-state index contributed by atoms with van der Waals surface area (Å²) < 4.78 is 10.9. The lowest BCUT2D eigenvalue weighted by Gasteiger charge is -2.20. The van der Waals surface area contributed by atoms with Crippen molar-refractivity contribution in [2.24, 2.45) is 0 Å². The molecule has 1 aliphatic rings. The van der Waals surface area contributed by atoms with Crippen molar-refractivity contribution in [3.05, 3.63) is 71.7 Å². The van der Waals surface area contributed by atoms with Crippen LogP contribution in [0.3, 0.4) is 0 Å². The molecule has 1 aliphatic heterocycles. The summed E-state index contributed by atoms with van der Waals surface area (Å²) in [6.45, 7) is 2.34. The lowest BCUT2D eigenvalue weighted by molar-refractivity contribution is 0.0939. The van der Waals surface area contributed by atoms with Gasteiger partial charge in [-0.15, -0.1) is 0 Å². The number of rotatable bonds is 4. The first-order valence-corrected chi connectivity index (χ1v) is 8.66. The highest BCUT2D eigenvalue weighted by Gasteiger charge is 2.20. The van der Waals surface area contributed by atoms with Gasteiger partial charge in [0.05, 0.1) is 19.3 Å². The molecule has 2 heterocycles. The van der Waals surface area contributed by atoms with Gasteiger partial charge in [-0.1, -0.05) is 18.2 Å². The van der Waals surface area contributed by atoms with Crippen LogP contribution in [0.5, 0.6) is 11.5 Å². The fourth-order valence-electron chi connectivity index (χ4n) is 3.14. The fourth-order valence-corrected chi connectivity index (χ4v) is 3.14. The number of amides is 1. The number of carbonyl (C=O) groups is 1. The van der Waals surface area contributed by atoms with Crippen LogP contribution in [0.1, 0.15) is 34.5 Å². The number of nitrogens with zero attached hydrogens (tertiary/aromatic N) is 2. The van der Waals surface area contributed by atoms with E-state index in [4.69, 9.17) is 9.47 Å². The van der Waals surface area contributed by atoms with Crippen LogP contribution in [0.2, 0.25) is 0 Å². The number of carbonyl (C=O) groups excluding carboxylic acids is 1. The van der Waals surface area contributed by atoms with Crippen LogP contribution < -0.4 is 14.8 Å². The van der Waals surface area contributed by atoms with Crippen molar-refractivity contribution in [1.29, 1.82) is 0 Å². The predicted octanol–water partition coefficient (Wildman–Crippen LogP) is 3.54. The summed E-state index contributed by atoms with van der Waals surface area (Å²) in [6, 6.07) is 13.1. The summed E-state index contributed by atoms with van der Waals surface area (Å²) in [7, 11) is 1.63. The monoisotopic (exact) mass is 361 g/mol. The molecule has 3 aromatic rings. The summed E-state index contributed by atoms with van der Waals surface area (Å²) in [4.78, 5) is 21.0.